The number of rotatable bonds is 7. The van der Waals surface area contributed by atoms with Gasteiger partial charge in [-0.05, 0) is 45.3 Å². The van der Waals surface area contributed by atoms with Gasteiger partial charge >= 0.3 is 0 Å². The van der Waals surface area contributed by atoms with E-state index in [1.54, 1.807) is 0 Å². The van der Waals surface area contributed by atoms with Crippen molar-refractivity contribution < 1.29 is 0 Å². The highest BCUT2D eigenvalue weighted by atomic mass is 79.9. The summed E-state index contributed by atoms with van der Waals surface area (Å²) in [5.74, 6) is 0. The molecule has 0 saturated carbocycles. The zero-order chi connectivity index (χ0) is 10.1. The first-order valence-corrected chi connectivity index (χ1v) is 7.34. The number of hydrogen-bond donors (Lipinski definition) is 0. The fourth-order valence-electron chi connectivity index (χ4n) is 2.14. The van der Waals surface area contributed by atoms with E-state index in [-0.39, 0.29) is 17.0 Å². The fourth-order valence-corrected chi connectivity index (χ4v) is 2.54. The van der Waals surface area contributed by atoms with Gasteiger partial charge in [0.1, 0.15) is 0 Å². The second-order valence-corrected chi connectivity index (χ2v) is 5.15. The van der Waals surface area contributed by atoms with Gasteiger partial charge in [0.2, 0.25) is 0 Å². The summed E-state index contributed by atoms with van der Waals surface area (Å²) >= 11 is 3.47. The molecule has 1 rings (SSSR count). The number of halogens is 2. The van der Waals surface area contributed by atoms with Crippen LogP contribution in [0.3, 0.4) is 0 Å². The summed E-state index contributed by atoms with van der Waals surface area (Å²) in [7, 11) is 0. The van der Waals surface area contributed by atoms with Crippen molar-refractivity contribution in [1.82, 2.24) is 4.90 Å². The molecule has 15 heavy (non-hydrogen) atoms. The van der Waals surface area contributed by atoms with Crippen LogP contribution >= 0.6 is 32.9 Å². The van der Waals surface area contributed by atoms with Crippen LogP contribution in [0.2, 0.25) is 0 Å². The molecule has 1 aliphatic heterocycles. The summed E-state index contributed by atoms with van der Waals surface area (Å²) < 4.78 is 0. The van der Waals surface area contributed by atoms with Crippen LogP contribution in [0.4, 0.5) is 0 Å². The molecule has 0 spiro atoms. The minimum atomic E-state index is 0. The third-order valence-electron chi connectivity index (χ3n) is 3.06. The third-order valence-corrected chi connectivity index (χ3v) is 3.62. The van der Waals surface area contributed by atoms with E-state index in [2.05, 4.69) is 20.8 Å². The van der Waals surface area contributed by atoms with Crippen LogP contribution in [-0.4, -0.2) is 29.9 Å². The van der Waals surface area contributed by atoms with Gasteiger partial charge in [-0.25, -0.2) is 0 Å². The summed E-state index contributed by atoms with van der Waals surface area (Å²) in [6.07, 6.45) is 11.4. The molecule has 0 atom stereocenters. The van der Waals surface area contributed by atoms with Gasteiger partial charge in [-0.3, -0.25) is 0 Å². The lowest BCUT2D eigenvalue weighted by molar-refractivity contribution is 0.224. The number of likely N-dealkylation sites (tertiary alicyclic amines) is 1. The van der Waals surface area contributed by atoms with Crippen molar-refractivity contribution in [3.63, 3.8) is 0 Å². The van der Waals surface area contributed by atoms with Crippen LogP contribution in [0, 0.1) is 0 Å². The number of piperidine rings is 1. The number of nitrogens with zero attached hydrogens (tertiary/aromatic N) is 1. The van der Waals surface area contributed by atoms with E-state index in [0.29, 0.717) is 0 Å². The quantitative estimate of drug-likeness (QED) is 0.489. The number of hydrogen-bond acceptors (Lipinski definition) is 1. The van der Waals surface area contributed by atoms with E-state index >= 15 is 0 Å². The lowest BCUT2D eigenvalue weighted by Gasteiger charge is -2.26. The Kier molecular flexibility index (Phi) is 12.1. The molecular formula is C12H25Br2N. The molecule has 0 N–H and O–H groups in total. The average Bonchev–Trinajstić information content (AvgIpc) is 2.25. The van der Waals surface area contributed by atoms with Crippen molar-refractivity contribution in [2.75, 3.05) is 25.0 Å². The van der Waals surface area contributed by atoms with Crippen molar-refractivity contribution in [3.8, 4) is 0 Å². The molecule has 0 aromatic carbocycles. The van der Waals surface area contributed by atoms with Crippen molar-refractivity contribution in [2.45, 2.75) is 51.4 Å². The highest BCUT2D eigenvalue weighted by Crippen LogP contribution is 2.11. The highest BCUT2D eigenvalue weighted by molar-refractivity contribution is 9.09. The van der Waals surface area contributed by atoms with Crippen LogP contribution in [0.1, 0.15) is 51.4 Å². The maximum Gasteiger partial charge on any atom is 0.00313 e. The Morgan fingerprint density at radius 1 is 0.800 bits per heavy atom. The van der Waals surface area contributed by atoms with Crippen LogP contribution in [0.15, 0.2) is 0 Å². The highest BCUT2D eigenvalue weighted by Gasteiger charge is 2.08. The summed E-state index contributed by atoms with van der Waals surface area (Å²) in [6.45, 7) is 4.08. The second-order valence-electron chi connectivity index (χ2n) is 4.36. The fraction of sp³-hybridized carbons (Fsp3) is 1.00. The van der Waals surface area contributed by atoms with E-state index in [1.807, 2.05) is 0 Å². The zero-order valence-corrected chi connectivity index (χ0v) is 13.0. The first-order valence-electron chi connectivity index (χ1n) is 6.22. The van der Waals surface area contributed by atoms with Crippen molar-refractivity contribution in [2.24, 2.45) is 0 Å². The van der Waals surface area contributed by atoms with Crippen molar-refractivity contribution >= 4 is 32.9 Å². The van der Waals surface area contributed by atoms with Gasteiger partial charge in [-0.15, -0.1) is 17.0 Å². The molecule has 1 saturated heterocycles. The van der Waals surface area contributed by atoms with Gasteiger partial charge < -0.3 is 4.90 Å². The zero-order valence-electron chi connectivity index (χ0n) is 9.72. The Bertz CT molecular complexity index is 125. The maximum atomic E-state index is 3.47. The maximum absolute atomic E-state index is 3.47. The van der Waals surface area contributed by atoms with E-state index in [0.717, 1.165) is 0 Å². The van der Waals surface area contributed by atoms with Crippen LogP contribution in [-0.2, 0) is 0 Å². The number of alkyl halides is 1. The molecule has 0 amide bonds. The van der Waals surface area contributed by atoms with Crippen molar-refractivity contribution in [1.29, 1.82) is 0 Å². The topological polar surface area (TPSA) is 3.24 Å². The molecule has 3 heteroatoms. The Labute approximate surface area is 114 Å². The van der Waals surface area contributed by atoms with Gasteiger partial charge in [0.05, 0.1) is 0 Å². The minimum Gasteiger partial charge on any atom is -0.303 e. The first kappa shape index (κ1) is 15.9. The molecule has 92 valence electrons. The monoisotopic (exact) mass is 341 g/mol. The summed E-state index contributed by atoms with van der Waals surface area (Å²) in [5.41, 5.74) is 0. The van der Waals surface area contributed by atoms with Gasteiger partial charge in [0.15, 0.2) is 0 Å². The Morgan fingerprint density at radius 2 is 1.40 bits per heavy atom. The van der Waals surface area contributed by atoms with Gasteiger partial charge in [-0.2, -0.15) is 0 Å². The summed E-state index contributed by atoms with van der Waals surface area (Å²) in [6, 6.07) is 0. The standard InChI is InChI=1S/C12H24BrN.BrH/c13-9-5-2-1-3-6-10-14-11-7-4-8-12-14;/h1-12H2;1H. The molecule has 0 aliphatic carbocycles. The predicted molar refractivity (Wildman–Crippen MR) is 77.5 cm³/mol. The van der Waals surface area contributed by atoms with Gasteiger partial charge in [0.25, 0.3) is 0 Å². The van der Waals surface area contributed by atoms with E-state index < -0.39 is 0 Å². The molecular weight excluding hydrogens is 318 g/mol. The largest absolute Gasteiger partial charge is 0.303 e. The Morgan fingerprint density at radius 3 is 2.07 bits per heavy atom. The Hall–Kier alpha value is 0.920. The predicted octanol–water partition coefficient (Wildman–Crippen LogP) is 4.40. The van der Waals surface area contributed by atoms with Gasteiger partial charge in [0, 0.05) is 5.33 Å². The smallest absolute Gasteiger partial charge is 0.00313 e. The Balaban J connectivity index is 0.00000196. The molecule has 1 aliphatic rings. The molecule has 0 radical (unpaired) electrons. The number of unbranched alkanes of at least 4 members (excludes halogenated alkanes) is 4. The lowest BCUT2D eigenvalue weighted by atomic mass is 10.1. The van der Waals surface area contributed by atoms with Gasteiger partial charge in [-0.1, -0.05) is 41.6 Å². The van der Waals surface area contributed by atoms with Crippen LogP contribution in [0.25, 0.3) is 0 Å². The second kappa shape index (κ2) is 11.4. The first-order chi connectivity index (χ1) is 6.93. The minimum absolute atomic E-state index is 0. The summed E-state index contributed by atoms with van der Waals surface area (Å²) in [5, 5.41) is 1.18. The molecule has 1 heterocycles. The molecule has 1 nitrogen and oxygen atoms in total. The third kappa shape index (κ3) is 8.70. The van der Waals surface area contributed by atoms with E-state index in [9.17, 15) is 0 Å². The van der Waals surface area contributed by atoms with E-state index in [1.165, 1.54) is 76.3 Å². The average molecular weight is 343 g/mol. The molecule has 0 aromatic rings. The van der Waals surface area contributed by atoms with Crippen molar-refractivity contribution in [3.05, 3.63) is 0 Å². The normalized spacial score (nSPS) is 17.4. The molecule has 0 unspecified atom stereocenters. The van der Waals surface area contributed by atoms with Crippen LogP contribution in [0.5, 0.6) is 0 Å². The van der Waals surface area contributed by atoms with E-state index in [4.69, 9.17) is 0 Å². The lowest BCUT2D eigenvalue weighted by Crippen LogP contribution is -2.30. The molecule has 1 fully saturated rings. The SMILES string of the molecule is Br.BrCCCCCCCN1CCCCC1. The molecule has 0 bridgehead atoms. The molecule has 0 aromatic heterocycles. The summed E-state index contributed by atoms with van der Waals surface area (Å²) in [4.78, 5) is 2.65. The van der Waals surface area contributed by atoms with Crippen LogP contribution < -0.4 is 0 Å².